The lowest BCUT2D eigenvalue weighted by Crippen LogP contribution is -2.18. The maximum Gasteiger partial charge on any atom is 0.0701 e. The third-order valence-corrected chi connectivity index (χ3v) is 3.54. The Morgan fingerprint density at radius 1 is 1.00 bits per heavy atom. The Kier molecular flexibility index (Phi) is 9.48. The fourth-order valence-corrected chi connectivity index (χ4v) is 2.44. The van der Waals surface area contributed by atoms with Crippen LogP contribution >= 0.6 is 0 Å². The van der Waals surface area contributed by atoms with Gasteiger partial charge in [0.15, 0.2) is 0 Å². The van der Waals surface area contributed by atoms with E-state index in [1.165, 1.54) is 25.7 Å². The van der Waals surface area contributed by atoms with E-state index in [1.54, 1.807) is 7.11 Å². The molecule has 0 amide bonds. The molecular formula is C14H28O4. The summed E-state index contributed by atoms with van der Waals surface area (Å²) < 4.78 is 15.6. The van der Waals surface area contributed by atoms with Gasteiger partial charge >= 0.3 is 0 Å². The molecule has 1 fully saturated rings. The van der Waals surface area contributed by atoms with E-state index in [1.807, 2.05) is 0 Å². The summed E-state index contributed by atoms with van der Waals surface area (Å²) in [4.78, 5) is 0. The molecule has 0 saturated heterocycles. The van der Waals surface area contributed by atoms with Crippen LogP contribution in [0.1, 0.15) is 38.5 Å². The zero-order valence-electron chi connectivity index (χ0n) is 11.6. The van der Waals surface area contributed by atoms with E-state index in [0.29, 0.717) is 32.3 Å². The van der Waals surface area contributed by atoms with Crippen molar-refractivity contribution in [2.24, 2.45) is 5.92 Å². The van der Waals surface area contributed by atoms with Crippen molar-refractivity contribution in [1.82, 2.24) is 0 Å². The van der Waals surface area contributed by atoms with Crippen LogP contribution in [-0.4, -0.2) is 51.4 Å². The summed E-state index contributed by atoms with van der Waals surface area (Å²) in [7, 11) is 1.66. The van der Waals surface area contributed by atoms with Crippen molar-refractivity contribution in [3.63, 3.8) is 0 Å². The molecule has 0 aromatic heterocycles. The number of rotatable bonds is 11. The summed E-state index contributed by atoms with van der Waals surface area (Å²) in [6.45, 7) is 3.23. The van der Waals surface area contributed by atoms with Gasteiger partial charge in [-0.1, -0.05) is 12.8 Å². The van der Waals surface area contributed by atoms with Gasteiger partial charge in [-0.15, -0.1) is 0 Å². The first-order valence-corrected chi connectivity index (χ1v) is 7.17. The van der Waals surface area contributed by atoms with Crippen LogP contribution in [0.4, 0.5) is 0 Å². The highest BCUT2D eigenvalue weighted by molar-refractivity contribution is 4.74. The minimum Gasteiger partial charge on any atom is -0.393 e. The summed E-state index contributed by atoms with van der Waals surface area (Å²) in [6.07, 6.45) is 6.68. The molecule has 0 aromatic carbocycles. The van der Waals surface area contributed by atoms with Crippen LogP contribution < -0.4 is 0 Å². The lowest BCUT2D eigenvalue weighted by molar-refractivity contribution is 0.0198. The van der Waals surface area contributed by atoms with Crippen molar-refractivity contribution in [2.75, 3.05) is 40.1 Å². The Morgan fingerprint density at radius 2 is 1.61 bits per heavy atom. The third-order valence-electron chi connectivity index (χ3n) is 3.54. The Labute approximate surface area is 111 Å². The first-order chi connectivity index (χ1) is 8.84. The SMILES string of the molecule is COCCOCCOCCCC(O)C1CCCC1. The average molecular weight is 260 g/mol. The standard InChI is InChI=1S/C14H28O4/c1-16-9-10-18-12-11-17-8-4-7-14(15)13-5-2-3-6-13/h13-15H,2-12H2,1H3. The zero-order valence-corrected chi connectivity index (χ0v) is 11.6. The van der Waals surface area contributed by atoms with Crippen molar-refractivity contribution < 1.29 is 19.3 Å². The predicted octanol–water partition coefficient (Wildman–Crippen LogP) is 2.00. The molecule has 0 radical (unpaired) electrons. The maximum absolute atomic E-state index is 9.95. The van der Waals surface area contributed by atoms with Crippen LogP contribution in [0.2, 0.25) is 0 Å². The second-order valence-electron chi connectivity index (χ2n) is 4.97. The van der Waals surface area contributed by atoms with Gasteiger partial charge in [0.25, 0.3) is 0 Å². The summed E-state index contributed by atoms with van der Waals surface area (Å²) in [5.74, 6) is 0.544. The average Bonchev–Trinajstić information content (AvgIpc) is 2.90. The topological polar surface area (TPSA) is 47.9 Å². The van der Waals surface area contributed by atoms with E-state index in [4.69, 9.17) is 14.2 Å². The van der Waals surface area contributed by atoms with Crippen LogP contribution in [0.5, 0.6) is 0 Å². The van der Waals surface area contributed by atoms with Crippen molar-refractivity contribution in [3.05, 3.63) is 0 Å². The van der Waals surface area contributed by atoms with Gasteiger partial charge in [0.1, 0.15) is 0 Å². The molecular weight excluding hydrogens is 232 g/mol. The largest absolute Gasteiger partial charge is 0.393 e. The highest BCUT2D eigenvalue weighted by Crippen LogP contribution is 2.29. The molecule has 0 aliphatic heterocycles. The molecule has 1 atom stereocenters. The summed E-state index contributed by atoms with van der Waals surface area (Å²) in [6, 6.07) is 0. The number of methoxy groups -OCH3 is 1. The maximum atomic E-state index is 9.95. The molecule has 18 heavy (non-hydrogen) atoms. The van der Waals surface area contributed by atoms with E-state index in [9.17, 15) is 5.11 Å². The second kappa shape index (κ2) is 10.7. The summed E-state index contributed by atoms with van der Waals surface area (Å²) in [5.41, 5.74) is 0. The number of aliphatic hydroxyl groups excluding tert-OH is 1. The molecule has 1 saturated carbocycles. The van der Waals surface area contributed by atoms with Crippen molar-refractivity contribution in [2.45, 2.75) is 44.6 Å². The molecule has 1 rings (SSSR count). The zero-order chi connectivity index (χ0) is 13.1. The van der Waals surface area contributed by atoms with Crippen molar-refractivity contribution in [1.29, 1.82) is 0 Å². The fraction of sp³-hybridized carbons (Fsp3) is 1.00. The first-order valence-electron chi connectivity index (χ1n) is 7.17. The van der Waals surface area contributed by atoms with Crippen LogP contribution in [0.25, 0.3) is 0 Å². The van der Waals surface area contributed by atoms with E-state index in [2.05, 4.69) is 0 Å². The van der Waals surface area contributed by atoms with Gasteiger partial charge in [-0.25, -0.2) is 0 Å². The minimum atomic E-state index is -0.117. The lowest BCUT2D eigenvalue weighted by atomic mass is 9.97. The van der Waals surface area contributed by atoms with Crippen LogP contribution in [-0.2, 0) is 14.2 Å². The number of ether oxygens (including phenoxy) is 3. The Morgan fingerprint density at radius 3 is 2.28 bits per heavy atom. The van der Waals surface area contributed by atoms with Crippen molar-refractivity contribution >= 4 is 0 Å². The molecule has 0 heterocycles. The lowest BCUT2D eigenvalue weighted by Gasteiger charge is -2.17. The number of hydrogen-bond acceptors (Lipinski definition) is 4. The Bertz CT molecular complexity index is 181. The summed E-state index contributed by atoms with van der Waals surface area (Å²) in [5, 5.41) is 9.95. The highest BCUT2D eigenvalue weighted by atomic mass is 16.5. The van der Waals surface area contributed by atoms with Crippen LogP contribution in [0.3, 0.4) is 0 Å². The fourth-order valence-electron chi connectivity index (χ4n) is 2.44. The van der Waals surface area contributed by atoms with E-state index in [0.717, 1.165) is 19.4 Å². The molecule has 0 bridgehead atoms. The van der Waals surface area contributed by atoms with Gasteiger partial charge in [0.2, 0.25) is 0 Å². The van der Waals surface area contributed by atoms with Gasteiger partial charge in [-0.2, -0.15) is 0 Å². The minimum absolute atomic E-state index is 0.117. The predicted molar refractivity (Wildman–Crippen MR) is 70.7 cm³/mol. The molecule has 108 valence electrons. The second-order valence-corrected chi connectivity index (χ2v) is 4.97. The van der Waals surface area contributed by atoms with E-state index < -0.39 is 0 Å². The summed E-state index contributed by atoms with van der Waals surface area (Å²) >= 11 is 0. The molecule has 4 heteroatoms. The molecule has 1 N–H and O–H groups in total. The Balaban J connectivity index is 1.80. The molecule has 4 nitrogen and oxygen atoms in total. The van der Waals surface area contributed by atoms with Crippen LogP contribution in [0, 0.1) is 5.92 Å². The van der Waals surface area contributed by atoms with Crippen molar-refractivity contribution in [3.8, 4) is 0 Å². The highest BCUT2D eigenvalue weighted by Gasteiger charge is 2.22. The van der Waals surface area contributed by atoms with Gasteiger partial charge in [0.05, 0.1) is 32.5 Å². The first kappa shape index (κ1) is 15.9. The third kappa shape index (κ3) is 7.31. The molecule has 0 aromatic rings. The molecule has 1 aliphatic rings. The number of aliphatic hydroxyl groups is 1. The monoisotopic (exact) mass is 260 g/mol. The van der Waals surface area contributed by atoms with Gasteiger partial charge in [-0.05, 0) is 31.6 Å². The van der Waals surface area contributed by atoms with Crippen LogP contribution in [0.15, 0.2) is 0 Å². The van der Waals surface area contributed by atoms with E-state index >= 15 is 0 Å². The number of hydrogen-bond donors (Lipinski definition) is 1. The molecule has 1 unspecified atom stereocenters. The van der Waals surface area contributed by atoms with Gasteiger partial charge in [0, 0.05) is 13.7 Å². The van der Waals surface area contributed by atoms with Gasteiger partial charge < -0.3 is 19.3 Å². The normalized spacial score (nSPS) is 18.3. The molecule has 0 spiro atoms. The Hall–Kier alpha value is -0.160. The quantitative estimate of drug-likeness (QED) is 0.577. The molecule has 1 aliphatic carbocycles. The van der Waals surface area contributed by atoms with E-state index in [-0.39, 0.29) is 6.10 Å². The smallest absolute Gasteiger partial charge is 0.0701 e. The van der Waals surface area contributed by atoms with Gasteiger partial charge in [-0.3, -0.25) is 0 Å².